The fourth-order valence-electron chi connectivity index (χ4n) is 5.93. The first kappa shape index (κ1) is 25.7. The monoisotopic (exact) mass is 499 g/mol. The van der Waals surface area contributed by atoms with E-state index in [2.05, 4.69) is 57.8 Å². The smallest absolute Gasteiger partial charge is 0.315 e. The lowest BCUT2D eigenvalue weighted by Gasteiger charge is -2.40. The first-order valence-corrected chi connectivity index (χ1v) is 13.6. The van der Waals surface area contributed by atoms with Gasteiger partial charge in [0.05, 0.1) is 6.04 Å². The Morgan fingerprint density at radius 1 is 1.03 bits per heavy atom. The Morgan fingerprint density at radius 3 is 2.31 bits per heavy atom. The number of likely N-dealkylation sites (tertiary alicyclic amines) is 2. The minimum atomic E-state index is -0.0640. The van der Waals surface area contributed by atoms with Crippen molar-refractivity contribution >= 4 is 35.0 Å². The third-order valence-electron chi connectivity index (χ3n) is 8.06. The van der Waals surface area contributed by atoms with Crippen LogP contribution in [0.5, 0.6) is 0 Å². The number of rotatable bonds is 7. The number of nitrogens with zero attached hydrogens (tertiary/aromatic N) is 2. The van der Waals surface area contributed by atoms with Gasteiger partial charge in [0.1, 0.15) is 0 Å². The van der Waals surface area contributed by atoms with Crippen molar-refractivity contribution in [2.24, 2.45) is 5.41 Å². The van der Waals surface area contributed by atoms with Crippen LogP contribution in [0.3, 0.4) is 0 Å². The number of anilines is 1. The standard InChI is InChI=1S/C27H41N5O2S/c1-19-15-20(2)17-22(16-19)29-26(35)31-12-9-27(10-13-31)11-14-32(18-27)24(33)8-6-4-5-7-23-21(3)28-25(34)30-23/h15-17,21,23H,4-14,18H2,1-3H3,(H,29,35)(H2,28,30,34). The lowest BCUT2D eigenvalue weighted by molar-refractivity contribution is -0.130. The van der Waals surface area contributed by atoms with Crippen molar-refractivity contribution < 1.29 is 9.59 Å². The van der Waals surface area contributed by atoms with Crippen LogP contribution >= 0.6 is 12.2 Å². The van der Waals surface area contributed by atoms with Crippen LogP contribution in [0.25, 0.3) is 0 Å². The van der Waals surface area contributed by atoms with Gasteiger partial charge in [-0.25, -0.2) is 4.79 Å². The van der Waals surface area contributed by atoms with Gasteiger partial charge in [0, 0.05) is 44.3 Å². The number of carbonyl (C=O) groups excluding carboxylic acids is 2. The number of unbranched alkanes of at least 4 members (excludes halogenated alkanes) is 2. The Hall–Kier alpha value is -2.35. The Balaban J connectivity index is 1.15. The molecule has 3 N–H and O–H groups in total. The minimum Gasteiger partial charge on any atom is -0.349 e. The van der Waals surface area contributed by atoms with Crippen LogP contribution < -0.4 is 16.0 Å². The Kier molecular flexibility index (Phi) is 8.19. The molecule has 192 valence electrons. The molecule has 1 aromatic carbocycles. The number of benzene rings is 1. The maximum atomic E-state index is 12.8. The van der Waals surface area contributed by atoms with Gasteiger partial charge in [0.15, 0.2) is 5.11 Å². The number of carbonyl (C=O) groups is 2. The SMILES string of the molecule is Cc1cc(C)cc(NC(=S)N2CCC3(CCN(C(=O)CCCCCC4NC(=O)NC4C)C3)CC2)c1. The molecule has 3 fully saturated rings. The summed E-state index contributed by atoms with van der Waals surface area (Å²) in [4.78, 5) is 28.6. The predicted octanol–water partition coefficient (Wildman–Crippen LogP) is 4.34. The molecule has 3 amide bonds. The molecule has 3 heterocycles. The van der Waals surface area contributed by atoms with E-state index in [0.29, 0.717) is 12.3 Å². The van der Waals surface area contributed by atoms with Crippen LogP contribution in [0.4, 0.5) is 10.5 Å². The zero-order valence-electron chi connectivity index (χ0n) is 21.5. The highest BCUT2D eigenvalue weighted by molar-refractivity contribution is 7.80. The van der Waals surface area contributed by atoms with Crippen LogP contribution in [-0.4, -0.2) is 65.1 Å². The number of nitrogens with one attached hydrogen (secondary N) is 3. The molecular weight excluding hydrogens is 458 g/mol. The summed E-state index contributed by atoms with van der Waals surface area (Å²) in [5.41, 5.74) is 3.78. The van der Waals surface area contributed by atoms with Gasteiger partial charge in [-0.2, -0.15) is 0 Å². The molecule has 35 heavy (non-hydrogen) atoms. The molecule has 0 bridgehead atoms. The minimum absolute atomic E-state index is 0.0640. The number of amides is 3. The van der Waals surface area contributed by atoms with Gasteiger partial charge in [-0.3, -0.25) is 4.79 Å². The summed E-state index contributed by atoms with van der Waals surface area (Å²) in [6.45, 7) is 9.93. The molecule has 0 aliphatic carbocycles. The predicted molar refractivity (Wildman–Crippen MR) is 145 cm³/mol. The number of aryl methyl sites for hydroxylation is 2. The fraction of sp³-hybridized carbons (Fsp3) is 0.667. The molecular formula is C27H41N5O2S. The lowest BCUT2D eigenvalue weighted by Crippen LogP contribution is -2.46. The number of hydrogen-bond donors (Lipinski definition) is 3. The average Bonchev–Trinajstić information content (AvgIpc) is 3.35. The lowest BCUT2D eigenvalue weighted by atomic mass is 9.78. The van der Waals surface area contributed by atoms with E-state index in [0.717, 1.165) is 81.9 Å². The van der Waals surface area contributed by atoms with Crippen LogP contribution in [-0.2, 0) is 4.79 Å². The van der Waals surface area contributed by atoms with E-state index in [1.54, 1.807) is 0 Å². The van der Waals surface area contributed by atoms with Crippen LogP contribution in [0.1, 0.15) is 69.4 Å². The molecule has 4 rings (SSSR count). The van der Waals surface area contributed by atoms with E-state index >= 15 is 0 Å². The van der Waals surface area contributed by atoms with Gasteiger partial charge in [0.25, 0.3) is 0 Å². The van der Waals surface area contributed by atoms with Crippen molar-refractivity contribution in [2.75, 3.05) is 31.5 Å². The molecule has 0 radical (unpaired) electrons. The second-order valence-electron chi connectivity index (χ2n) is 11.0. The second kappa shape index (κ2) is 11.1. The van der Waals surface area contributed by atoms with E-state index < -0.39 is 0 Å². The van der Waals surface area contributed by atoms with Crippen LogP contribution in [0, 0.1) is 19.3 Å². The van der Waals surface area contributed by atoms with Crippen molar-refractivity contribution in [3.8, 4) is 0 Å². The number of urea groups is 1. The molecule has 3 aliphatic heterocycles. The van der Waals surface area contributed by atoms with Gasteiger partial charge >= 0.3 is 6.03 Å². The van der Waals surface area contributed by atoms with Crippen molar-refractivity contribution in [3.05, 3.63) is 29.3 Å². The van der Waals surface area contributed by atoms with Crippen molar-refractivity contribution in [1.82, 2.24) is 20.4 Å². The van der Waals surface area contributed by atoms with Crippen molar-refractivity contribution in [3.63, 3.8) is 0 Å². The summed E-state index contributed by atoms with van der Waals surface area (Å²) in [7, 11) is 0. The number of piperidine rings is 1. The van der Waals surface area contributed by atoms with Crippen LogP contribution in [0.2, 0.25) is 0 Å². The summed E-state index contributed by atoms with van der Waals surface area (Å²) in [6.07, 6.45) is 7.89. The van der Waals surface area contributed by atoms with Gasteiger partial charge < -0.3 is 25.8 Å². The van der Waals surface area contributed by atoms with E-state index in [1.165, 1.54) is 11.1 Å². The maximum Gasteiger partial charge on any atom is 0.315 e. The average molecular weight is 500 g/mol. The fourth-order valence-corrected chi connectivity index (χ4v) is 6.23. The second-order valence-corrected chi connectivity index (χ2v) is 11.4. The van der Waals surface area contributed by atoms with Crippen molar-refractivity contribution in [1.29, 1.82) is 0 Å². The van der Waals surface area contributed by atoms with Gasteiger partial charge in [-0.15, -0.1) is 0 Å². The summed E-state index contributed by atoms with van der Waals surface area (Å²) >= 11 is 5.71. The highest BCUT2D eigenvalue weighted by Crippen LogP contribution is 2.40. The molecule has 2 unspecified atom stereocenters. The molecule has 2 atom stereocenters. The highest BCUT2D eigenvalue weighted by Gasteiger charge is 2.42. The number of thiocarbonyl (C=S) groups is 1. The largest absolute Gasteiger partial charge is 0.349 e. The normalized spacial score (nSPS) is 23.3. The topological polar surface area (TPSA) is 76.7 Å². The van der Waals surface area contributed by atoms with E-state index in [1.807, 2.05) is 6.92 Å². The zero-order chi connectivity index (χ0) is 25.0. The Labute approximate surface area is 215 Å². The van der Waals surface area contributed by atoms with E-state index in [9.17, 15) is 9.59 Å². The van der Waals surface area contributed by atoms with Gasteiger partial charge in [-0.05, 0) is 93.8 Å². The number of hydrogen-bond acceptors (Lipinski definition) is 3. The molecule has 7 nitrogen and oxygen atoms in total. The summed E-state index contributed by atoms with van der Waals surface area (Å²) in [6, 6.07) is 6.78. The molecule has 0 saturated carbocycles. The maximum absolute atomic E-state index is 12.8. The molecule has 3 saturated heterocycles. The van der Waals surface area contributed by atoms with Crippen molar-refractivity contribution in [2.45, 2.75) is 84.2 Å². The third-order valence-corrected chi connectivity index (χ3v) is 8.42. The van der Waals surface area contributed by atoms with E-state index in [4.69, 9.17) is 12.2 Å². The molecule has 1 spiro atoms. The third kappa shape index (κ3) is 6.66. The molecule has 0 aromatic heterocycles. The van der Waals surface area contributed by atoms with Crippen LogP contribution in [0.15, 0.2) is 18.2 Å². The van der Waals surface area contributed by atoms with Gasteiger partial charge in [-0.1, -0.05) is 18.9 Å². The Bertz CT molecular complexity index is 923. The summed E-state index contributed by atoms with van der Waals surface area (Å²) < 4.78 is 0. The molecule has 1 aromatic rings. The first-order valence-electron chi connectivity index (χ1n) is 13.2. The summed E-state index contributed by atoms with van der Waals surface area (Å²) in [5.74, 6) is 0.306. The quantitative estimate of drug-likeness (QED) is 0.384. The molecule has 3 aliphatic rings. The summed E-state index contributed by atoms with van der Waals surface area (Å²) in [5, 5.41) is 10.1. The zero-order valence-corrected chi connectivity index (χ0v) is 22.3. The highest BCUT2D eigenvalue weighted by atomic mass is 32.1. The molecule has 8 heteroatoms. The van der Waals surface area contributed by atoms with E-state index in [-0.39, 0.29) is 23.5 Å². The first-order chi connectivity index (χ1) is 16.7. The van der Waals surface area contributed by atoms with Gasteiger partial charge in [0.2, 0.25) is 5.91 Å². The Morgan fingerprint density at radius 2 is 1.69 bits per heavy atom.